The van der Waals surface area contributed by atoms with Gasteiger partial charge in [0.15, 0.2) is 0 Å². The van der Waals surface area contributed by atoms with E-state index in [1.165, 1.54) is 5.56 Å². The number of nitrogen functional groups attached to an aromatic ring is 1. The molecule has 2 aromatic rings. The smallest absolute Gasteiger partial charge is 0.253 e. The number of nitrogens with zero attached hydrogens (tertiary/aromatic N) is 1. The number of amides is 1. The predicted octanol–water partition coefficient (Wildman–Crippen LogP) is 3.61. The molecule has 0 aliphatic heterocycles. The van der Waals surface area contributed by atoms with Crippen molar-refractivity contribution >= 4 is 27.5 Å². The number of nitrogens with two attached hydrogens (primary N) is 1. The summed E-state index contributed by atoms with van der Waals surface area (Å²) in [5, 5.41) is 0. The van der Waals surface area contributed by atoms with Crippen LogP contribution in [0.25, 0.3) is 0 Å². The van der Waals surface area contributed by atoms with Gasteiger partial charge in [0, 0.05) is 29.3 Å². The van der Waals surface area contributed by atoms with Crippen LogP contribution in [0.5, 0.6) is 0 Å². The van der Waals surface area contributed by atoms with E-state index in [4.69, 9.17) is 5.73 Å². The van der Waals surface area contributed by atoms with Crippen molar-refractivity contribution < 1.29 is 4.79 Å². The molecule has 0 aliphatic rings. The zero-order valence-electron chi connectivity index (χ0n) is 11.6. The molecule has 0 aliphatic carbocycles. The number of carbonyl (C=O) groups is 1. The maximum absolute atomic E-state index is 12.4. The van der Waals surface area contributed by atoms with E-state index in [0.717, 1.165) is 10.0 Å². The largest absolute Gasteiger partial charge is 0.399 e. The Hall–Kier alpha value is -1.81. The van der Waals surface area contributed by atoms with Crippen molar-refractivity contribution in [3.05, 3.63) is 63.6 Å². The highest BCUT2D eigenvalue weighted by atomic mass is 79.9. The lowest BCUT2D eigenvalue weighted by Gasteiger charge is -2.19. The van der Waals surface area contributed by atoms with Crippen molar-refractivity contribution in [1.29, 1.82) is 0 Å². The summed E-state index contributed by atoms with van der Waals surface area (Å²) in [6.07, 6.45) is 0. The first-order valence-corrected chi connectivity index (χ1v) is 7.12. The highest BCUT2D eigenvalue weighted by molar-refractivity contribution is 9.10. The first kappa shape index (κ1) is 14.6. The number of benzene rings is 2. The van der Waals surface area contributed by atoms with Gasteiger partial charge in [-0.25, -0.2) is 0 Å². The second-order valence-corrected chi connectivity index (χ2v) is 5.77. The minimum absolute atomic E-state index is 0.0309. The van der Waals surface area contributed by atoms with Crippen LogP contribution in [-0.4, -0.2) is 17.9 Å². The maximum atomic E-state index is 12.4. The molecule has 0 saturated carbocycles. The number of hydrogen-bond acceptors (Lipinski definition) is 2. The Bertz CT molecular complexity index is 640. The van der Waals surface area contributed by atoms with Gasteiger partial charge in [0.05, 0.1) is 0 Å². The van der Waals surface area contributed by atoms with Gasteiger partial charge in [0.2, 0.25) is 0 Å². The molecule has 2 N–H and O–H groups in total. The molecule has 2 rings (SSSR count). The van der Waals surface area contributed by atoms with Crippen molar-refractivity contribution in [2.75, 3.05) is 12.8 Å². The Balaban J connectivity index is 2.17. The van der Waals surface area contributed by atoms with E-state index in [-0.39, 0.29) is 5.91 Å². The molecule has 3 nitrogen and oxygen atoms in total. The normalized spacial score (nSPS) is 10.3. The van der Waals surface area contributed by atoms with E-state index in [1.54, 1.807) is 36.2 Å². The zero-order valence-corrected chi connectivity index (χ0v) is 13.1. The monoisotopic (exact) mass is 332 g/mol. The predicted molar refractivity (Wildman–Crippen MR) is 85.5 cm³/mol. The number of rotatable bonds is 3. The van der Waals surface area contributed by atoms with Crippen LogP contribution in [0.2, 0.25) is 0 Å². The number of hydrogen-bond donors (Lipinski definition) is 1. The van der Waals surface area contributed by atoms with E-state index in [9.17, 15) is 4.79 Å². The summed E-state index contributed by atoms with van der Waals surface area (Å²) in [5.41, 5.74) is 9.22. The fourth-order valence-electron chi connectivity index (χ4n) is 2.03. The standard InChI is InChI=1S/C16H17BrN2O/c1-11-6-7-14(17)8-13(11)10-19(2)16(20)12-4-3-5-15(18)9-12/h3-9H,10,18H2,1-2H3. The lowest BCUT2D eigenvalue weighted by Crippen LogP contribution is -2.26. The van der Waals surface area contributed by atoms with Crippen LogP contribution < -0.4 is 5.73 Å². The van der Waals surface area contributed by atoms with E-state index < -0.39 is 0 Å². The van der Waals surface area contributed by atoms with Crippen LogP contribution in [0.1, 0.15) is 21.5 Å². The van der Waals surface area contributed by atoms with Gasteiger partial charge in [-0.3, -0.25) is 4.79 Å². The Morgan fingerprint density at radius 3 is 2.70 bits per heavy atom. The molecule has 4 heteroatoms. The summed E-state index contributed by atoms with van der Waals surface area (Å²) >= 11 is 3.46. The molecule has 20 heavy (non-hydrogen) atoms. The third-order valence-corrected chi connectivity index (χ3v) is 3.69. The molecule has 0 radical (unpaired) electrons. The van der Waals surface area contributed by atoms with E-state index >= 15 is 0 Å². The summed E-state index contributed by atoms with van der Waals surface area (Å²) in [4.78, 5) is 14.1. The molecule has 104 valence electrons. The Morgan fingerprint density at radius 1 is 1.25 bits per heavy atom. The van der Waals surface area contributed by atoms with Crippen molar-refractivity contribution in [2.45, 2.75) is 13.5 Å². The molecule has 0 atom stereocenters. The van der Waals surface area contributed by atoms with Crippen molar-refractivity contribution in [1.82, 2.24) is 4.90 Å². The third-order valence-electron chi connectivity index (χ3n) is 3.20. The number of aryl methyl sites for hydroxylation is 1. The Morgan fingerprint density at radius 2 is 2.00 bits per heavy atom. The summed E-state index contributed by atoms with van der Waals surface area (Å²) < 4.78 is 1.02. The lowest BCUT2D eigenvalue weighted by atomic mass is 10.1. The van der Waals surface area contributed by atoms with Gasteiger partial charge in [-0.15, -0.1) is 0 Å². The molecule has 0 fully saturated rings. The van der Waals surface area contributed by atoms with E-state index in [0.29, 0.717) is 17.8 Å². The first-order chi connectivity index (χ1) is 9.47. The highest BCUT2D eigenvalue weighted by Gasteiger charge is 2.13. The Labute approximate surface area is 127 Å². The summed E-state index contributed by atoms with van der Waals surface area (Å²) in [7, 11) is 1.80. The van der Waals surface area contributed by atoms with Crippen LogP contribution in [0, 0.1) is 6.92 Å². The zero-order chi connectivity index (χ0) is 14.7. The number of anilines is 1. The molecule has 0 heterocycles. The second kappa shape index (κ2) is 6.09. The van der Waals surface area contributed by atoms with Gasteiger partial charge in [0.25, 0.3) is 5.91 Å². The Kier molecular flexibility index (Phi) is 4.45. The van der Waals surface area contributed by atoms with Crippen LogP contribution in [-0.2, 0) is 6.54 Å². The van der Waals surface area contributed by atoms with Crippen LogP contribution in [0.4, 0.5) is 5.69 Å². The summed E-state index contributed by atoms with van der Waals surface area (Å²) in [6, 6.07) is 13.1. The van der Waals surface area contributed by atoms with Crippen LogP contribution in [0.15, 0.2) is 46.9 Å². The molecule has 2 aromatic carbocycles. The van der Waals surface area contributed by atoms with Gasteiger partial charge in [-0.05, 0) is 48.4 Å². The molecular weight excluding hydrogens is 316 g/mol. The topological polar surface area (TPSA) is 46.3 Å². The molecular formula is C16H17BrN2O. The van der Waals surface area contributed by atoms with Crippen molar-refractivity contribution in [3.63, 3.8) is 0 Å². The molecule has 0 spiro atoms. The van der Waals surface area contributed by atoms with Crippen molar-refractivity contribution in [3.8, 4) is 0 Å². The second-order valence-electron chi connectivity index (χ2n) is 4.86. The molecule has 0 saturated heterocycles. The SMILES string of the molecule is Cc1ccc(Br)cc1CN(C)C(=O)c1cccc(N)c1. The number of carbonyl (C=O) groups excluding carboxylic acids is 1. The quantitative estimate of drug-likeness (QED) is 0.872. The minimum atomic E-state index is -0.0309. The molecule has 0 bridgehead atoms. The van der Waals surface area contributed by atoms with Crippen LogP contribution >= 0.6 is 15.9 Å². The molecule has 0 unspecified atom stereocenters. The summed E-state index contributed by atoms with van der Waals surface area (Å²) in [5.74, 6) is -0.0309. The minimum Gasteiger partial charge on any atom is -0.399 e. The maximum Gasteiger partial charge on any atom is 0.253 e. The fraction of sp³-hybridized carbons (Fsp3) is 0.188. The molecule has 1 amide bonds. The fourth-order valence-corrected chi connectivity index (χ4v) is 2.44. The average Bonchev–Trinajstić information content (AvgIpc) is 2.42. The highest BCUT2D eigenvalue weighted by Crippen LogP contribution is 2.18. The first-order valence-electron chi connectivity index (χ1n) is 6.33. The third kappa shape index (κ3) is 3.39. The van der Waals surface area contributed by atoms with E-state index in [2.05, 4.69) is 15.9 Å². The summed E-state index contributed by atoms with van der Waals surface area (Å²) in [6.45, 7) is 2.61. The molecule has 0 aromatic heterocycles. The van der Waals surface area contributed by atoms with Gasteiger partial charge in [-0.2, -0.15) is 0 Å². The van der Waals surface area contributed by atoms with E-state index in [1.807, 2.05) is 25.1 Å². The number of halogens is 1. The van der Waals surface area contributed by atoms with Gasteiger partial charge < -0.3 is 10.6 Å². The van der Waals surface area contributed by atoms with Gasteiger partial charge in [-0.1, -0.05) is 28.1 Å². The van der Waals surface area contributed by atoms with Gasteiger partial charge in [0.1, 0.15) is 0 Å². The van der Waals surface area contributed by atoms with Crippen LogP contribution in [0.3, 0.4) is 0 Å². The van der Waals surface area contributed by atoms with Gasteiger partial charge >= 0.3 is 0 Å². The van der Waals surface area contributed by atoms with Crippen molar-refractivity contribution in [2.24, 2.45) is 0 Å². The average molecular weight is 333 g/mol. The lowest BCUT2D eigenvalue weighted by molar-refractivity contribution is 0.0785.